The number of carbonyl (C=O) groups excluding carboxylic acids is 1. The fourth-order valence-electron chi connectivity index (χ4n) is 1.52. The standard InChI is InChI=1S/C12H7ClN2OS2/c13-7-3-4-9-8(6-7)14-12(18-9)15-11(16)10-2-1-5-17-10/h1-6H,(H,14,15,16). The van der Waals surface area contributed by atoms with E-state index in [1.54, 1.807) is 12.1 Å². The molecule has 3 aromatic rings. The molecule has 0 spiro atoms. The van der Waals surface area contributed by atoms with Crippen molar-refractivity contribution in [3.05, 3.63) is 45.6 Å². The van der Waals surface area contributed by atoms with Crippen LogP contribution in [0, 0.1) is 0 Å². The van der Waals surface area contributed by atoms with Crippen LogP contribution >= 0.6 is 34.3 Å². The Hall–Kier alpha value is -1.43. The Balaban J connectivity index is 1.89. The molecule has 0 fully saturated rings. The number of amides is 1. The molecule has 0 unspecified atom stereocenters. The van der Waals surface area contributed by atoms with Gasteiger partial charge in [0, 0.05) is 5.02 Å². The highest BCUT2D eigenvalue weighted by Gasteiger charge is 2.10. The summed E-state index contributed by atoms with van der Waals surface area (Å²) in [7, 11) is 0. The first-order valence-electron chi connectivity index (χ1n) is 5.13. The van der Waals surface area contributed by atoms with E-state index in [9.17, 15) is 4.79 Å². The summed E-state index contributed by atoms with van der Waals surface area (Å²) in [5.74, 6) is -0.129. The molecule has 0 atom stereocenters. The van der Waals surface area contributed by atoms with Crippen molar-refractivity contribution in [3.8, 4) is 0 Å². The highest BCUT2D eigenvalue weighted by molar-refractivity contribution is 7.22. The number of nitrogens with one attached hydrogen (secondary N) is 1. The van der Waals surface area contributed by atoms with E-state index in [1.807, 2.05) is 23.6 Å². The minimum Gasteiger partial charge on any atom is -0.297 e. The van der Waals surface area contributed by atoms with Gasteiger partial charge in [-0.1, -0.05) is 29.0 Å². The molecular weight excluding hydrogens is 288 g/mol. The third kappa shape index (κ3) is 2.25. The lowest BCUT2D eigenvalue weighted by Gasteiger charge is -1.96. The van der Waals surface area contributed by atoms with Gasteiger partial charge in [0.15, 0.2) is 5.13 Å². The molecule has 2 heterocycles. The number of carbonyl (C=O) groups is 1. The van der Waals surface area contributed by atoms with Crippen LogP contribution in [0.3, 0.4) is 0 Å². The molecule has 0 bridgehead atoms. The molecule has 3 nitrogen and oxygen atoms in total. The summed E-state index contributed by atoms with van der Waals surface area (Å²) in [6, 6.07) is 9.12. The van der Waals surface area contributed by atoms with Crippen LogP contribution in [0.1, 0.15) is 9.67 Å². The molecule has 0 aliphatic rings. The van der Waals surface area contributed by atoms with Crippen LogP contribution < -0.4 is 5.32 Å². The molecule has 0 aliphatic heterocycles. The van der Waals surface area contributed by atoms with Gasteiger partial charge in [0.05, 0.1) is 15.1 Å². The van der Waals surface area contributed by atoms with Crippen LogP contribution in [0.15, 0.2) is 35.7 Å². The van der Waals surface area contributed by atoms with Crippen LogP contribution in [0.2, 0.25) is 5.02 Å². The van der Waals surface area contributed by atoms with Crippen LogP contribution in [-0.2, 0) is 0 Å². The molecule has 0 saturated carbocycles. The second kappa shape index (κ2) is 4.68. The lowest BCUT2D eigenvalue weighted by Crippen LogP contribution is -2.09. The average molecular weight is 295 g/mol. The van der Waals surface area contributed by atoms with E-state index in [4.69, 9.17) is 11.6 Å². The van der Waals surface area contributed by atoms with Gasteiger partial charge in [0.25, 0.3) is 5.91 Å². The van der Waals surface area contributed by atoms with E-state index in [2.05, 4.69) is 10.3 Å². The molecular formula is C12H7ClN2OS2. The van der Waals surface area contributed by atoms with E-state index < -0.39 is 0 Å². The Morgan fingerprint density at radius 1 is 1.33 bits per heavy atom. The Morgan fingerprint density at radius 2 is 2.22 bits per heavy atom. The molecule has 1 aromatic carbocycles. The van der Waals surface area contributed by atoms with Crippen molar-refractivity contribution in [2.45, 2.75) is 0 Å². The summed E-state index contributed by atoms with van der Waals surface area (Å²) in [4.78, 5) is 16.9. The SMILES string of the molecule is O=C(Nc1nc2cc(Cl)ccc2s1)c1cccs1. The minimum atomic E-state index is -0.129. The summed E-state index contributed by atoms with van der Waals surface area (Å²) in [5, 5.41) is 5.89. The number of anilines is 1. The lowest BCUT2D eigenvalue weighted by atomic mass is 10.3. The van der Waals surface area contributed by atoms with Crippen molar-refractivity contribution >= 4 is 55.5 Å². The Labute approximate surface area is 116 Å². The highest BCUT2D eigenvalue weighted by Crippen LogP contribution is 2.28. The maximum atomic E-state index is 11.9. The number of thiophene rings is 1. The first kappa shape index (κ1) is 11.6. The van der Waals surface area contributed by atoms with Gasteiger partial charge in [-0.05, 0) is 29.6 Å². The number of thiazole rings is 1. The fraction of sp³-hybridized carbons (Fsp3) is 0. The number of hydrogen-bond acceptors (Lipinski definition) is 4. The number of halogens is 1. The maximum absolute atomic E-state index is 11.9. The van der Waals surface area contributed by atoms with Gasteiger partial charge in [0.2, 0.25) is 0 Å². The first-order chi connectivity index (χ1) is 8.72. The van der Waals surface area contributed by atoms with Crippen molar-refractivity contribution in [1.82, 2.24) is 4.98 Å². The van der Waals surface area contributed by atoms with Gasteiger partial charge in [-0.15, -0.1) is 11.3 Å². The number of rotatable bonds is 2. The predicted molar refractivity (Wildman–Crippen MR) is 76.9 cm³/mol. The summed E-state index contributed by atoms with van der Waals surface area (Å²) in [6.07, 6.45) is 0. The number of hydrogen-bond donors (Lipinski definition) is 1. The van der Waals surface area contributed by atoms with E-state index in [0.29, 0.717) is 15.0 Å². The van der Waals surface area contributed by atoms with E-state index in [-0.39, 0.29) is 5.91 Å². The summed E-state index contributed by atoms with van der Waals surface area (Å²) >= 11 is 8.73. The molecule has 1 N–H and O–H groups in total. The van der Waals surface area contributed by atoms with Gasteiger partial charge in [0.1, 0.15) is 0 Å². The maximum Gasteiger partial charge on any atom is 0.267 e. The van der Waals surface area contributed by atoms with Gasteiger partial charge < -0.3 is 0 Å². The number of nitrogens with zero attached hydrogens (tertiary/aromatic N) is 1. The van der Waals surface area contributed by atoms with Crippen molar-refractivity contribution in [3.63, 3.8) is 0 Å². The van der Waals surface area contributed by atoms with E-state index in [1.165, 1.54) is 22.7 Å². The van der Waals surface area contributed by atoms with Gasteiger partial charge in [-0.2, -0.15) is 0 Å². The average Bonchev–Trinajstić information content (AvgIpc) is 2.95. The van der Waals surface area contributed by atoms with Gasteiger partial charge >= 0.3 is 0 Å². The lowest BCUT2D eigenvalue weighted by molar-refractivity contribution is 0.103. The zero-order valence-corrected chi connectivity index (χ0v) is 11.4. The number of fused-ring (bicyclic) bond motifs is 1. The summed E-state index contributed by atoms with van der Waals surface area (Å²) in [6.45, 7) is 0. The Bertz CT molecular complexity index is 706. The topological polar surface area (TPSA) is 42.0 Å². The third-order valence-corrected chi connectivity index (χ3v) is 4.37. The Morgan fingerprint density at radius 3 is 3.00 bits per heavy atom. The van der Waals surface area contributed by atoms with Crippen LogP contribution in [0.4, 0.5) is 5.13 Å². The van der Waals surface area contributed by atoms with Gasteiger partial charge in [-0.3, -0.25) is 10.1 Å². The largest absolute Gasteiger partial charge is 0.297 e. The molecule has 2 aromatic heterocycles. The predicted octanol–water partition coefficient (Wildman–Crippen LogP) is 4.26. The first-order valence-corrected chi connectivity index (χ1v) is 7.21. The van der Waals surface area contributed by atoms with Gasteiger partial charge in [-0.25, -0.2) is 4.98 Å². The molecule has 18 heavy (non-hydrogen) atoms. The molecule has 0 aliphatic carbocycles. The second-order valence-electron chi connectivity index (χ2n) is 3.56. The number of benzene rings is 1. The number of aromatic nitrogens is 1. The monoisotopic (exact) mass is 294 g/mol. The van der Waals surface area contributed by atoms with Crippen molar-refractivity contribution < 1.29 is 4.79 Å². The van der Waals surface area contributed by atoms with Crippen molar-refractivity contribution in [2.75, 3.05) is 5.32 Å². The minimum absolute atomic E-state index is 0.129. The zero-order chi connectivity index (χ0) is 12.5. The Kier molecular flexibility index (Phi) is 3.03. The third-order valence-electron chi connectivity index (χ3n) is 2.32. The van der Waals surface area contributed by atoms with E-state index in [0.717, 1.165) is 10.2 Å². The smallest absolute Gasteiger partial charge is 0.267 e. The second-order valence-corrected chi connectivity index (χ2v) is 5.98. The molecule has 1 amide bonds. The molecule has 3 rings (SSSR count). The van der Waals surface area contributed by atoms with Crippen LogP contribution in [-0.4, -0.2) is 10.9 Å². The highest BCUT2D eigenvalue weighted by atomic mass is 35.5. The quantitative estimate of drug-likeness (QED) is 0.767. The molecule has 6 heteroatoms. The molecule has 90 valence electrons. The van der Waals surface area contributed by atoms with Crippen LogP contribution in [0.5, 0.6) is 0 Å². The molecule has 0 saturated heterocycles. The normalized spacial score (nSPS) is 10.7. The van der Waals surface area contributed by atoms with Crippen molar-refractivity contribution in [2.24, 2.45) is 0 Å². The molecule has 0 radical (unpaired) electrons. The zero-order valence-electron chi connectivity index (χ0n) is 9.01. The van der Waals surface area contributed by atoms with Crippen molar-refractivity contribution in [1.29, 1.82) is 0 Å². The fourth-order valence-corrected chi connectivity index (χ4v) is 3.15. The van der Waals surface area contributed by atoms with E-state index >= 15 is 0 Å². The van der Waals surface area contributed by atoms with Crippen LogP contribution in [0.25, 0.3) is 10.2 Å². The summed E-state index contributed by atoms with van der Waals surface area (Å²) in [5.41, 5.74) is 0.800. The summed E-state index contributed by atoms with van der Waals surface area (Å²) < 4.78 is 1.00.